The van der Waals surface area contributed by atoms with E-state index >= 15 is 0 Å². The van der Waals surface area contributed by atoms with Gasteiger partial charge in [-0.05, 0) is 63.4 Å². The van der Waals surface area contributed by atoms with Crippen molar-refractivity contribution in [1.29, 1.82) is 0 Å². The van der Waals surface area contributed by atoms with Crippen LogP contribution in [0.5, 0.6) is 0 Å². The predicted octanol–water partition coefficient (Wildman–Crippen LogP) is 3.37. The van der Waals surface area contributed by atoms with Gasteiger partial charge in [0.1, 0.15) is 17.3 Å². The monoisotopic (exact) mass is 284 g/mol. The van der Waals surface area contributed by atoms with E-state index < -0.39 is 0 Å². The van der Waals surface area contributed by atoms with Gasteiger partial charge in [0.15, 0.2) is 0 Å². The van der Waals surface area contributed by atoms with Crippen LogP contribution in [0, 0.1) is 38.5 Å². The van der Waals surface area contributed by atoms with Crippen molar-refractivity contribution in [3.05, 3.63) is 17.1 Å². The third-order valence-corrected chi connectivity index (χ3v) is 5.91. The summed E-state index contributed by atoms with van der Waals surface area (Å²) < 4.78 is 2.40. The second-order valence-corrected chi connectivity index (χ2v) is 7.11. The molecular formula is C17H24N4. The quantitative estimate of drug-likeness (QED) is 0.919. The van der Waals surface area contributed by atoms with Crippen LogP contribution in [0.15, 0.2) is 0 Å². The highest BCUT2D eigenvalue weighted by Crippen LogP contribution is 2.49. The van der Waals surface area contributed by atoms with E-state index in [1.54, 1.807) is 0 Å². The molecule has 112 valence electrons. The molecule has 4 nitrogen and oxygen atoms in total. The fourth-order valence-corrected chi connectivity index (χ4v) is 4.73. The van der Waals surface area contributed by atoms with Crippen LogP contribution in [-0.4, -0.2) is 14.5 Å². The summed E-state index contributed by atoms with van der Waals surface area (Å²) >= 11 is 0. The van der Waals surface area contributed by atoms with Gasteiger partial charge >= 0.3 is 0 Å². The Hall–Kier alpha value is -1.58. The van der Waals surface area contributed by atoms with Crippen molar-refractivity contribution in [1.82, 2.24) is 14.5 Å². The first-order chi connectivity index (χ1) is 10.0. The normalized spacial score (nSPS) is 27.9. The minimum atomic E-state index is 0.629. The molecule has 2 aliphatic carbocycles. The molecule has 2 aromatic rings. The first-order valence-electron chi connectivity index (χ1n) is 8.14. The zero-order valence-electron chi connectivity index (χ0n) is 13.2. The van der Waals surface area contributed by atoms with Crippen molar-refractivity contribution in [2.75, 3.05) is 5.73 Å². The Bertz CT molecular complexity index is 715. The van der Waals surface area contributed by atoms with Crippen molar-refractivity contribution in [3.63, 3.8) is 0 Å². The number of aryl methyl sites for hydroxylation is 2. The summed E-state index contributed by atoms with van der Waals surface area (Å²) in [6.07, 6.45) is 5.75. The number of nitrogens with two attached hydrogens (primary N) is 1. The molecule has 4 heteroatoms. The third-order valence-electron chi connectivity index (χ3n) is 5.91. The van der Waals surface area contributed by atoms with Crippen LogP contribution in [0.3, 0.4) is 0 Å². The van der Waals surface area contributed by atoms with E-state index in [1.807, 2.05) is 6.92 Å². The number of rotatable bonds is 2. The number of hydrogen-bond acceptors (Lipinski definition) is 3. The first kappa shape index (κ1) is 13.1. The third kappa shape index (κ3) is 1.88. The van der Waals surface area contributed by atoms with Crippen LogP contribution in [-0.2, 0) is 6.54 Å². The second-order valence-electron chi connectivity index (χ2n) is 7.11. The molecule has 3 unspecified atom stereocenters. The zero-order valence-corrected chi connectivity index (χ0v) is 13.2. The molecule has 2 heterocycles. The van der Waals surface area contributed by atoms with Crippen molar-refractivity contribution >= 4 is 16.9 Å². The van der Waals surface area contributed by atoms with Gasteiger partial charge in [-0.2, -0.15) is 0 Å². The van der Waals surface area contributed by atoms with E-state index in [1.165, 1.54) is 36.9 Å². The van der Waals surface area contributed by atoms with Crippen LogP contribution >= 0.6 is 0 Å². The minimum absolute atomic E-state index is 0.629. The van der Waals surface area contributed by atoms with Gasteiger partial charge in [0, 0.05) is 12.2 Å². The van der Waals surface area contributed by atoms with Crippen molar-refractivity contribution in [2.45, 2.75) is 53.0 Å². The van der Waals surface area contributed by atoms with Gasteiger partial charge < -0.3 is 10.3 Å². The Balaban J connectivity index is 1.79. The fraction of sp³-hybridized carbons (Fsp3) is 0.647. The summed E-state index contributed by atoms with van der Waals surface area (Å²) in [6.45, 7) is 7.37. The number of nitrogens with zero attached hydrogens (tertiary/aromatic N) is 3. The molecule has 3 atom stereocenters. The van der Waals surface area contributed by atoms with Gasteiger partial charge in [-0.3, -0.25) is 0 Å². The van der Waals surface area contributed by atoms with Crippen molar-refractivity contribution in [3.8, 4) is 0 Å². The summed E-state index contributed by atoms with van der Waals surface area (Å²) in [6, 6.07) is 0. The summed E-state index contributed by atoms with van der Waals surface area (Å²) in [4.78, 5) is 9.03. The molecule has 0 spiro atoms. The molecule has 0 saturated heterocycles. The molecule has 0 aliphatic heterocycles. The molecule has 2 aromatic heterocycles. The molecule has 2 N–H and O–H groups in total. The van der Waals surface area contributed by atoms with E-state index in [9.17, 15) is 0 Å². The van der Waals surface area contributed by atoms with Crippen LogP contribution in [0.1, 0.15) is 42.8 Å². The lowest BCUT2D eigenvalue weighted by Gasteiger charge is -2.23. The van der Waals surface area contributed by atoms with Crippen LogP contribution in [0.4, 0.5) is 5.82 Å². The van der Waals surface area contributed by atoms with Gasteiger partial charge in [0.05, 0.1) is 5.39 Å². The number of anilines is 1. The highest BCUT2D eigenvalue weighted by atomic mass is 15.1. The largest absolute Gasteiger partial charge is 0.383 e. The molecule has 2 aliphatic rings. The highest BCUT2D eigenvalue weighted by Gasteiger charge is 2.39. The van der Waals surface area contributed by atoms with E-state index in [-0.39, 0.29) is 0 Å². The average molecular weight is 284 g/mol. The smallest absolute Gasteiger partial charge is 0.146 e. The fourth-order valence-electron chi connectivity index (χ4n) is 4.73. The Labute approximate surface area is 125 Å². The van der Waals surface area contributed by atoms with Crippen molar-refractivity contribution < 1.29 is 0 Å². The highest BCUT2D eigenvalue weighted by molar-refractivity contribution is 5.91. The minimum Gasteiger partial charge on any atom is -0.383 e. The number of nitrogen functional groups attached to an aromatic ring is 1. The Kier molecular flexibility index (Phi) is 2.78. The lowest BCUT2D eigenvalue weighted by molar-refractivity contribution is 0.297. The molecule has 21 heavy (non-hydrogen) atoms. The molecular weight excluding hydrogens is 260 g/mol. The van der Waals surface area contributed by atoms with Gasteiger partial charge in [-0.25, -0.2) is 9.97 Å². The maximum absolute atomic E-state index is 6.14. The SMILES string of the molecule is Cc1nc(N)c2c(C)c(C)n(CC3CC4CCC3C4)c2n1. The maximum Gasteiger partial charge on any atom is 0.146 e. The van der Waals surface area contributed by atoms with E-state index in [4.69, 9.17) is 10.7 Å². The van der Waals surface area contributed by atoms with Crippen LogP contribution < -0.4 is 5.73 Å². The van der Waals surface area contributed by atoms with E-state index in [0.717, 1.165) is 41.2 Å². The summed E-state index contributed by atoms with van der Waals surface area (Å²) in [5.41, 5.74) is 9.73. The second kappa shape index (κ2) is 4.46. The van der Waals surface area contributed by atoms with Crippen LogP contribution in [0.2, 0.25) is 0 Å². The number of fused-ring (bicyclic) bond motifs is 3. The van der Waals surface area contributed by atoms with Gasteiger partial charge in [-0.15, -0.1) is 0 Å². The summed E-state index contributed by atoms with van der Waals surface area (Å²) in [5, 5.41) is 1.06. The maximum atomic E-state index is 6.14. The lowest BCUT2D eigenvalue weighted by atomic mass is 9.89. The van der Waals surface area contributed by atoms with Gasteiger partial charge in [0.25, 0.3) is 0 Å². The molecule has 0 amide bonds. The Morgan fingerprint density at radius 2 is 1.95 bits per heavy atom. The Morgan fingerprint density at radius 3 is 2.62 bits per heavy atom. The molecule has 0 radical (unpaired) electrons. The summed E-state index contributed by atoms with van der Waals surface area (Å²) in [7, 11) is 0. The van der Waals surface area contributed by atoms with E-state index in [0.29, 0.717) is 5.82 Å². The topological polar surface area (TPSA) is 56.7 Å². The van der Waals surface area contributed by atoms with Gasteiger partial charge in [0.2, 0.25) is 0 Å². The molecule has 4 rings (SSSR count). The van der Waals surface area contributed by atoms with Gasteiger partial charge in [-0.1, -0.05) is 6.42 Å². The zero-order chi connectivity index (χ0) is 14.7. The van der Waals surface area contributed by atoms with Crippen molar-refractivity contribution in [2.24, 2.45) is 17.8 Å². The van der Waals surface area contributed by atoms with E-state index in [2.05, 4.69) is 23.4 Å². The summed E-state index contributed by atoms with van der Waals surface area (Å²) in [5.74, 6) is 4.16. The van der Waals surface area contributed by atoms with Crippen LogP contribution in [0.25, 0.3) is 11.0 Å². The molecule has 0 aromatic carbocycles. The average Bonchev–Trinajstić information content (AvgIpc) is 3.09. The number of aromatic nitrogens is 3. The lowest BCUT2D eigenvalue weighted by Crippen LogP contribution is -2.18. The standard InChI is InChI=1S/C17H24N4/c1-9-10(2)21(8-14-7-12-4-5-13(14)6-12)17-15(9)16(18)19-11(3)20-17/h12-14H,4-8H2,1-3H3,(H2,18,19,20). The Morgan fingerprint density at radius 1 is 1.14 bits per heavy atom. The first-order valence-corrected chi connectivity index (χ1v) is 8.14. The molecule has 2 fully saturated rings. The molecule has 2 saturated carbocycles. The molecule has 2 bridgehead atoms. The predicted molar refractivity (Wildman–Crippen MR) is 85.1 cm³/mol. The number of hydrogen-bond donors (Lipinski definition) is 1.